The van der Waals surface area contributed by atoms with Crippen molar-refractivity contribution in [2.75, 3.05) is 32.8 Å². The zero-order valence-electron chi connectivity index (χ0n) is 9.53. The van der Waals surface area contributed by atoms with Crippen LogP contribution in [0, 0.1) is 0 Å². The molecule has 0 spiro atoms. The van der Waals surface area contributed by atoms with E-state index in [0.29, 0.717) is 13.2 Å². The summed E-state index contributed by atoms with van der Waals surface area (Å²) >= 11 is 0. The van der Waals surface area contributed by atoms with Gasteiger partial charge in [0.15, 0.2) is 0 Å². The Hall–Kier alpha value is -0.690. The zero-order chi connectivity index (χ0) is 12.0. The minimum Gasteiger partial charge on any atom is -0.393 e. The molecule has 0 saturated carbocycles. The number of amides is 1. The predicted molar refractivity (Wildman–Crippen MR) is 57.9 cm³/mol. The highest BCUT2D eigenvalue weighted by atomic mass is 16.5. The predicted octanol–water partition coefficient (Wildman–Crippen LogP) is -1.78. The topological polar surface area (TPSA) is 90.8 Å². The van der Waals surface area contributed by atoms with Crippen molar-refractivity contribution in [3.63, 3.8) is 0 Å². The molecule has 0 aromatic heterocycles. The van der Waals surface area contributed by atoms with Gasteiger partial charge in [0.2, 0.25) is 5.91 Å². The lowest BCUT2D eigenvalue weighted by molar-refractivity contribution is -0.126. The van der Waals surface area contributed by atoms with E-state index in [-0.39, 0.29) is 31.6 Å². The summed E-state index contributed by atoms with van der Waals surface area (Å²) in [6.07, 6.45) is 0.168. The number of rotatable bonds is 5. The van der Waals surface area contributed by atoms with Crippen LogP contribution in [-0.4, -0.2) is 60.7 Å². The summed E-state index contributed by atoms with van der Waals surface area (Å²) in [6, 6.07) is 0. The Morgan fingerprint density at radius 1 is 1.69 bits per heavy atom. The molecule has 0 aromatic carbocycles. The van der Waals surface area contributed by atoms with Gasteiger partial charge in [0.25, 0.3) is 0 Å². The molecule has 4 N–H and O–H groups in total. The average Bonchev–Trinajstić information content (AvgIpc) is 2.28. The van der Waals surface area contributed by atoms with Crippen LogP contribution in [0.3, 0.4) is 0 Å². The number of morpholine rings is 1. The Kier molecular flexibility index (Phi) is 5.14. The molecule has 1 amide bonds. The maximum atomic E-state index is 11.5. The van der Waals surface area contributed by atoms with Crippen LogP contribution >= 0.6 is 0 Å². The van der Waals surface area contributed by atoms with Crippen molar-refractivity contribution in [2.45, 2.75) is 25.0 Å². The van der Waals surface area contributed by atoms with Crippen LogP contribution in [0.15, 0.2) is 0 Å². The van der Waals surface area contributed by atoms with E-state index in [0.717, 1.165) is 6.54 Å². The van der Waals surface area contributed by atoms with E-state index in [9.17, 15) is 9.90 Å². The van der Waals surface area contributed by atoms with Crippen molar-refractivity contribution in [3.8, 4) is 0 Å². The van der Waals surface area contributed by atoms with E-state index in [1.807, 2.05) is 0 Å². The van der Waals surface area contributed by atoms with Gasteiger partial charge in [-0.3, -0.25) is 4.79 Å². The third kappa shape index (κ3) is 4.89. The van der Waals surface area contributed by atoms with Gasteiger partial charge in [0, 0.05) is 19.6 Å². The van der Waals surface area contributed by atoms with Gasteiger partial charge in [0.1, 0.15) is 5.60 Å². The molecule has 0 aliphatic carbocycles. The summed E-state index contributed by atoms with van der Waals surface area (Å²) in [4.78, 5) is 11.5. The maximum absolute atomic E-state index is 11.5. The molecule has 2 atom stereocenters. The quantitative estimate of drug-likeness (QED) is 0.450. The van der Waals surface area contributed by atoms with E-state index in [1.165, 1.54) is 6.92 Å². The van der Waals surface area contributed by atoms with Gasteiger partial charge in [-0.1, -0.05) is 0 Å². The molecule has 1 rings (SSSR count). The van der Waals surface area contributed by atoms with E-state index in [4.69, 9.17) is 9.84 Å². The van der Waals surface area contributed by atoms with Crippen LogP contribution in [0.25, 0.3) is 0 Å². The summed E-state index contributed by atoms with van der Waals surface area (Å²) in [5.74, 6) is -0.178. The molecular formula is C10H20N2O4. The van der Waals surface area contributed by atoms with Gasteiger partial charge >= 0.3 is 0 Å². The van der Waals surface area contributed by atoms with Crippen molar-refractivity contribution in [1.29, 1.82) is 0 Å². The van der Waals surface area contributed by atoms with Gasteiger partial charge < -0.3 is 25.6 Å². The smallest absolute Gasteiger partial charge is 0.222 e. The van der Waals surface area contributed by atoms with Gasteiger partial charge in [-0.05, 0) is 6.92 Å². The fraction of sp³-hybridized carbons (Fsp3) is 0.900. The van der Waals surface area contributed by atoms with Crippen LogP contribution in [0.4, 0.5) is 0 Å². The first-order chi connectivity index (χ1) is 7.53. The SMILES string of the molecule is CC(O)(CO)CNC(=O)CC1CNCCO1. The summed E-state index contributed by atoms with van der Waals surface area (Å²) in [5.41, 5.74) is -1.26. The zero-order valence-corrected chi connectivity index (χ0v) is 9.53. The van der Waals surface area contributed by atoms with Gasteiger partial charge in [-0.15, -0.1) is 0 Å². The van der Waals surface area contributed by atoms with Crippen molar-refractivity contribution >= 4 is 5.91 Å². The van der Waals surface area contributed by atoms with Crippen molar-refractivity contribution in [2.24, 2.45) is 0 Å². The molecule has 0 radical (unpaired) electrons. The molecule has 1 aliphatic rings. The van der Waals surface area contributed by atoms with Crippen LogP contribution in [0.1, 0.15) is 13.3 Å². The van der Waals surface area contributed by atoms with Crippen molar-refractivity contribution in [1.82, 2.24) is 10.6 Å². The highest BCUT2D eigenvalue weighted by molar-refractivity contribution is 5.76. The van der Waals surface area contributed by atoms with Crippen LogP contribution in [-0.2, 0) is 9.53 Å². The molecule has 1 heterocycles. The fourth-order valence-electron chi connectivity index (χ4n) is 1.37. The lowest BCUT2D eigenvalue weighted by Gasteiger charge is -2.24. The number of aliphatic hydroxyl groups excluding tert-OH is 1. The molecule has 1 aliphatic heterocycles. The normalized spacial score (nSPS) is 24.8. The number of hydrogen-bond donors (Lipinski definition) is 4. The molecule has 0 bridgehead atoms. The van der Waals surface area contributed by atoms with Crippen LogP contribution in [0.2, 0.25) is 0 Å². The van der Waals surface area contributed by atoms with Crippen molar-refractivity contribution in [3.05, 3.63) is 0 Å². The van der Waals surface area contributed by atoms with Gasteiger partial charge in [-0.25, -0.2) is 0 Å². The Balaban J connectivity index is 2.19. The molecule has 16 heavy (non-hydrogen) atoms. The lowest BCUT2D eigenvalue weighted by Crippen LogP contribution is -2.46. The standard InChI is InChI=1S/C10H20N2O4/c1-10(15,7-13)6-12-9(14)4-8-5-11-2-3-16-8/h8,11,13,15H,2-7H2,1H3,(H,12,14). The first-order valence-electron chi connectivity index (χ1n) is 5.46. The number of carbonyl (C=O) groups excluding carboxylic acids is 1. The summed E-state index contributed by atoms with van der Waals surface area (Å²) in [5, 5.41) is 24.0. The minimum atomic E-state index is -1.26. The highest BCUT2D eigenvalue weighted by Gasteiger charge is 2.22. The lowest BCUT2D eigenvalue weighted by atomic mass is 10.1. The summed E-state index contributed by atoms with van der Waals surface area (Å²) < 4.78 is 5.37. The molecule has 94 valence electrons. The van der Waals surface area contributed by atoms with Crippen LogP contribution < -0.4 is 10.6 Å². The Labute approximate surface area is 95.0 Å². The van der Waals surface area contributed by atoms with E-state index in [1.54, 1.807) is 0 Å². The molecule has 2 unspecified atom stereocenters. The average molecular weight is 232 g/mol. The second-order valence-electron chi connectivity index (χ2n) is 4.33. The Morgan fingerprint density at radius 2 is 2.44 bits per heavy atom. The number of nitrogens with one attached hydrogen (secondary N) is 2. The van der Waals surface area contributed by atoms with E-state index < -0.39 is 5.60 Å². The minimum absolute atomic E-state index is 0.0441. The van der Waals surface area contributed by atoms with Crippen LogP contribution in [0.5, 0.6) is 0 Å². The molecule has 6 nitrogen and oxygen atoms in total. The third-order valence-electron chi connectivity index (χ3n) is 2.42. The molecule has 1 saturated heterocycles. The first-order valence-corrected chi connectivity index (χ1v) is 5.46. The Morgan fingerprint density at radius 3 is 3.00 bits per heavy atom. The fourth-order valence-corrected chi connectivity index (χ4v) is 1.37. The van der Waals surface area contributed by atoms with Crippen molar-refractivity contribution < 1.29 is 19.7 Å². The monoisotopic (exact) mass is 232 g/mol. The van der Waals surface area contributed by atoms with E-state index >= 15 is 0 Å². The molecule has 6 heteroatoms. The number of carbonyl (C=O) groups is 1. The molecule has 1 fully saturated rings. The second kappa shape index (κ2) is 6.15. The first kappa shape index (κ1) is 13.4. The maximum Gasteiger partial charge on any atom is 0.222 e. The largest absolute Gasteiger partial charge is 0.393 e. The Bertz CT molecular complexity index is 227. The van der Waals surface area contributed by atoms with E-state index in [2.05, 4.69) is 10.6 Å². The number of aliphatic hydroxyl groups is 2. The second-order valence-corrected chi connectivity index (χ2v) is 4.33. The molecular weight excluding hydrogens is 212 g/mol. The number of hydrogen-bond acceptors (Lipinski definition) is 5. The highest BCUT2D eigenvalue weighted by Crippen LogP contribution is 2.03. The van der Waals surface area contributed by atoms with Gasteiger partial charge in [-0.2, -0.15) is 0 Å². The van der Waals surface area contributed by atoms with Gasteiger partial charge in [0.05, 0.1) is 25.7 Å². The summed E-state index contributed by atoms with van der Waals surface area (Å²) in [6.45, 7) is 3.23. The molecule has 0 aromatic rings. The third-order valence-corrected chi connectivity index (χ3v) is 2.42. The number of ether oxygens (including phenoxy) is 1. The summed E-state index contributed by atoms with van der Waals surface area (Å²) in [7, 11) is 0.